The van der Waals surface area contributed by atoms with Crippen LogP contribution < -0.4 is 0 Å². The van der Waals surface area contributed by atoms with Gasteiger partial charge in [-0.3, -0.25) is 0 Å². The van der Waals surface area contributed by atoms with Crippen molar-refractivity contribution in [3.05, 3.63) is 38.6 Å². The van der Waals surface area contributed by atoms with E-state index in [0.29, 0.717) is 11.7 Å². The molecule has 0 unspecified atom stereocenters. The number of phenolic OH excluding ortho intramolecular Hbond substituents is 1. The molecular weight excluding hydrogens is 363 g/mol. The highest BCUT2D eigenvalue weighted by atomic mass is 127. The summed E-state index contributed by atoms with van der Waals surface area (Å²) in [6, 6.07) is 8.69. The highest BCUT2D eigenvalue weighted by Crippen LogP contribution is 2.27. The molecule has 0 radical (unpaired) electrons. The van der Waals surface area contributed by atoms with Crippen molar-refractivity contribution in [2.75, 3.05) is 0 Å². The summed E-state index contributed by atoms with van der Waals surface area (Å²) >= 11 is 3.88. The molecule has 1 aromatic carbocycles. The summed E-state index contributed by atoms with van der Waals surface area (Å²) in [4.78, 5) is 4.34. The largest absolute Gasteiger partial charge is 0.508 e. The van der Waals surface area contributed by atoms with Crippen LogP contribution in [0.5, 0.6) is 5.75 Å². The second-order valence-corrected chi connectivity index (χ2v) is 6.41. The van der Waals surface area contributed by atoms with Crippen LogP contribution in [-0.2, 0) is 0 Å². The fourth-order valence-electron chi connectivity index (χ4n) is 1.49. The van der Waals surface area contributed by atoms with Gasteiger partial charge in [0.15, 0.2) is 0 Å². The number of benzene rings is 1. The minimum Gasteiger partial charge on any atom is -0.508 e. The topological polar surface area (TPSA) is 59.2 Å². The second-order valence-electron chi connectivity index (χ2n) is 3.61. The van der Waals surface area contributed by atoms with Crippen LogP contribution in [0, 0.1) is 2.88 Å². The van der Waals surface area contributed by atoms with E-state index < -0.39 is 0 Å². The van der Waals surface area contributed by atoms with E-state index in [2.05, 4.69) is 32.7 Å². The van der Waals surface area contributed by atoms with E-state index >= 15 is 0 Å². The zero-order chi connectivity index (χ0) is 12.5. The van der Waals surface area contributed by atoms with Gasteiger partial charge in [-0.1, -0.05) is 5.16 Å². The zero-order valence-electron chi connectivity index (χ0n) is 9.00. The molecule has 18 heavy (non-hydrogen) atoms. The van der Waals surface area contributed by atoms with Crippen molar-refractivity contribution < 1.29 is 9.63 Å². The number of phenols is 1. The van der Waals surface area contributed by atoms with Crippen LogP contribution in [0.25, 0.3) is 22.8 Å². The lowest BCUT2D eigenvalue weighted by molar-refractivity contribution is 0.432. The first kappa shape index (κ1) is 11.7. The van der Waals surface area contributed by atoms with Gasteiger partial charge in [0.25, 0.3) is 5.89 Å². The average molecular weight is 370 g/mol. The Kier molecular flexibility index (Phi) is 3.04. The number of hydrogen-bond donors (Lipinski definition) is 1. The summed E-state index contributed by atoms with van der Waals surface area (Å²) in [7, 11) is 0. The standard InChI is InChI=1S/C12H7IN2O2S/c13-10-5-8(6-18-10)12-14-11(15-17-12)7-1-3-9(16)4-2-7/h1-6,16H. The van der Waals surface area contributed by atoms with E-state index in [1.54, 1.807) is 35.6 Å². The average Bonchev–Trinajstić information content (AvgIpc) is 2.98. The van der Waals surface area contributed by atoms with Gasteiger partial charge < -0.3 is 9.63 Å². The molecule has 0 atom stereocenters. The van der Waals surface area contributed by atoms with Gasteiger partial charge in [-0.15, -0.1) is 11.3 Å². The van der Waals surface area contributed by atoms with Crippen LogP contribution >= 0.6 is 33.9 Å². The molecule has 3 rings (SSSR count). The Morgan fingerprint density at radius 3 is 2.61 bits per heavy atom. The number of thiophene rings is 1. The molecule has 2 heterocycles. The van der Waals surface area contributed by atoms with E-state index in [4.69, 9.17) is 4.52 Å². The van der Waals surface area contributed by atoms with Crippen molar-refractivity contribution >= 4 is 33.9 Å². The summed E-state index contributed by atoms with van der Waals surface area (Å²) in [6.45, 7) is 0. The third kappa shape index (κ3) is 2.25. The molecule has 1 N–H and O–H groups in total. The maximum absolute atomic E-state index is 9.23. The predicted octanol–water partition coefficient (Wildman–Crippen LogP) is 3.78. The highest BCUT2D eigenvalue weighted by Gasteiger charge is 2.11. The molecule has 90 valence electrons. The lowest BCUT2D eigenvalue weighted by Gasteiger charge is -1.93. The van der Waals surface area contributed by atoms with Gasteiger partial charge in [-0.25, -0.2) is 0 Å². The number of hydrogen-bond acceptors (Lipinski definition) is 5. The molecule has 0 fully saturated rings. The minimum absolute atomic E-state index is 0.217. The number of aromatic nitrogens is 2. The van der Waals surface area contributed by atoms with Crippen molar-refractivity contribution in [1.29, 1.82) is 0 Å². The predicted molar refractivity (Wildman–Crippen MR) is 77.4 cm³/mol. The van der Waals surface area contributed by atoms with Crippen molar-refractivity contribution in [3.8, 4) is 28.6 Å². The SMILES string of the molecule is Oc1ccc(-c2noc(-c3csc(I)c3)n2)cc1. The van der Waals surface area contributed by atoms with Gasteiger partial charge in [0.05, 0.1) is 8.45 Å². The van der Waals surface area contributed by atoms with Crippen LogP contribution in [0.1, 0.15) is 0 Å². The molecule has 0 saturated carbocycles. The summed E-state index contributed by atoms with van der Waals surface area (Å²) in [5, 5.41) is 15.1. The molecule has 0 aliphatic carbocycles. The van der Waals surface area contributed by atoms with Gasteiger partial charge in [0.2, 0.25) is 5.82 Å². The lowest BCUT2D eigenvalue weighted by Crippen LogP contribution is -1.79. The van der Waals surface area contributed by atoms with Crippen molar-refractivity contribution in [3.63, 3.8) is 0 Å². The Morgan fingerprint density at radius 2 is 1.94 bits per heavy atom. The first-order valence-corrected chi connectivity index (χ1v) is 7.06. The molecule has 2 aromatic heterocycles. The molecule has 0 bridgehead atoms. The summed E-state index contributed by atoms with van der Waals surface area (Å²) < 4.78 is 6.40. The third-order valence-electron chi connectivity index (χ3n) is 2.37. The fraction of sp³-hybridized carbons (Fsp3) is 0. The molecule has 0 amide bonds. The van der Waals surface area contributed by atoms with Crippen LogP contribution in [0.4, 0.5) is 0 Å². The van der Waals surface area contributed by atoms with Crippen LogP contribution in [-0.4, -0.2) is 15.2 Å². The molecule has 4 nitrogen and oxygen atoms in total. The molecular formula is C12H7IN2O2S. The smallest absolute Gasteiger partial charge is 0.259 e. The van der Waals surface area contributed by atoms with Crippen molar-refractivity contribution in [1.82, 2.24) is 10.1 Å². The highest BCUT2D eigenvalue weighted by molar-refractivity contribution is 14.1. The zero-order valence-corrected chi connectivity index (χ0v) is 12.0. The van der Waals surface area contributed by atoms with Gasteiger partial charge in [-0.2, -0.15) is 4.98 Å². The summed E-state index contributed by atoms with van der Waals surface area (Å²) in [5.41, 5.74) is 1.75. The number of nitrogens with zero attached hydrogens (tertiary/aromatic N) is 2. The van der Waals surface area contributed by atoms with Crippen LogP contribution in [0.2, 0.25) is 0 Å². The molecule has 6 heteroatoms. The van der Waals surface area contributed by atoms with Gasteiger partial charge in [0.1, 0.15) is 5.75 Å². The van der Waals surface area contributed by atoms with E-state index in [1.165, 1.54) is 2.88 Å². The van der Waals surface area contributed by atoms with Gasteiger partial charge in [-0.05, 0) is 52.9 Å². The molecule has 3 aromatic rings. The molecule has 0 aliphatic rings. The second kappa shape index (κ2) is 4.69. The van der Waals surface area contributed by atoms with Gasteiger partial charge in [0, 0.05) is 10.9 Å². The lowest BCUT2D eigenvalue weighted by atomic mass is 10.2. The van der Waals surface area contributed by atoms with E-state index in [-0.39, 0.29) is 5.75 Å². The van der Waals surface area contributed by atoms with E-state index in [1.807, 2.05) is 11.4 Å². The normalized spacial score (nSPS) is 10.7. The number of aromatic hydroxyl groups is 1. The van der Waals surface area contributed by atoms with Gasteiger partial charge >= 0.3 is 0 Å². The van der Waals surface area contributed by atoms with Crippen molar-refractivity contribution in [2.24, 2.45) is 0 Å². The molecule has 0 saturated heterocycles. The number of halogens is 1. The Bertz CT molecular complexity index is 675. The first-order valence-electron chi connectivity index (χ1n) is 5.10. The Labute approximate surface area is 120 Å². The third-order valence-corrected chi connectivity index (χ3v) is 4.15. The summed E-state index contributed by atoms with van der Waals surface area (Å²) in [5.74, 6) is 1.25. The molecule has 0 aliphatic heterocycles. The fourth-order valence-corrected chi connectivity index (χ4v) is 2.81. The maximum atomic E-state index is 9.23. The quantitative estimate of drug-likeness (QED) is 0.698. The summed E-state index contributed by atoms with van der Waals surface area (Å²) in [6.07, 6.45) is 0. The Morgan fingerprint density at radius 1 is 1.17 bits per heavy atom. The molecule has 0 spiro atoms. The van der Waals surface area contributed by atoms with Crippen LogP contribution in [0.15, 0.2) is 40.2 Å². The maximum Gasteiger partial charge on any atom is 0.259 e. The van der Waals surface area contributed by atoms with Crippen LogP contribution in [0.3, 0.4) is 0 Å². The van der Waals surface area contributed by atoms with E-state index in [9.17, 15) is 5.11 Å². The minimum atomic E-state index is 0.217. The Balaban J connectivity index is 1.96. The van der Waals surface area contributed by atoms with Crippen molar-refractivity contribution in [2.45, 2.75) is 0 Å². The van der Waals surface area contributed by atoms with E-state index in [0.717, 1.165) is 11.1 Å². The monoisotopic (exact) mass is 370 g/mol. The first-order chi connectivity index (χ1) is 8.72. The number of rotatable bonds is 2. The Hall–Kier alpha value is -1.41.